The summed E-state index contributed by atoms with van der Waals surface area (Å²) in [6, 6.07) is 17.0. The van der Waals surface area contributed by atoms with Gasteiger partial charge in [-0.25, -0.2) is 0 Å². The van der Waals surface area contributed by atoms with E-state index in [9.17, 15) is 9.32 Å². The molecule has 88 valence electrons. The van der Waals surface area contributed by atoms with Gasteiger partial charge in [-0.15, -0.1) is 0 Å². The first kappa shape index (κ1) is 12.0. The molecule has 0 fully saturated rings. The average molecular weight is 246 g/mol. The van der Waals surface area contributed by atoms with Crippen LogP contribution in [0.25, 0.3) is 0 Å². The van der Waals surface area contributed by atoms with E-state index in [0.717, 1.165) is 16.0 Å². The van der Waals surface area contributed by atoms with E-state index in [1.54, 1.807) is 6.07 Å². The van der Waals surface area contributed by atoms with Crippen LogP contribution in [-0.4, -0.2) is 9.32 Å². The number of hydrogen-bond donors (Lipinski definition) is 1. The van der Waals surface area contributed by atoms with Gasteiger partial charge in [0.15, 0.2) is 0 Å². The molecule has 2 aromatic carbocycles. The van der Waals surface area contributed by atoms with Crippen molar-refractivity contribution in [3.63, 3.8) is 0 Å². The third-order valence-electron chi connectivity index (χ3n) is 2.53. The number of rotatable bonds is 4. The van der Waals surface area contributed by atoms with Crippen molar-refractivity contribution in [2.45, 2.75) is 17.3 Å². The van der Waals surface area contributed by atoms with E-state index in [1.807, 2.05) is 48.5 Å². The lowest BCUT2D eigenvalue weighted by Gasteiger charge is -2.07. The van der Waals surface area contributed by atoms with Crippen molar-refractivity contribution in [1.29, 1.82) is 0 Å². The van der Waals surface area contributed by atoms with Crippen LogP contribution in [0.5, 0.6) is 0 Å². The Morgan fingerprint density at radius 3 is 2.29 bits per heavy atom. The molecule has 0 heterocycles. The Morgan fingerprint density at radius 2 is 1.59 bits per heavy atom. The molecule has 1 N–H and O–H groups in total. The highest BCUT2D eigenvalue weighted by Crippen LogP contribution is 2.17. The minimum absolute atomic E-state index is 0.0727. The monoisotopic (exact) mass is 246 g/mol. The fourth-order valence-electron chi connectivity index (χ4n) is 1.66. The van der Waals surface area contributed by atoms with Crippen LogP contribution in [-0.2, 0) is 23.2 Å². The van der Waals surface area contributed by atoms with Crippen molar-refractivity contribution in [3.8, 4) is 0 Å². The van der Waals surface area contributed by atoms with Gasteiger partial charge in [0.05, 0.1) is 23.2 Å². The van der Waals surface area contributed by atoms with Crippen LogP contribution in [0.4, 0.5) is 0 Å². The molecular weight excluding hydrogens is 232 g/mol. The van der Waals surface area contributed by atoms with Crippen LogP contribution in [0, 0.1) is 0 Å². The van der Waals surface area contributed by atoms with Gasteiger partial charge in [0, 0.05) is 4.90 Å². The third-order valence-corrected chi connectivity index (χ3v) is 4.01. The molecule has 1 unspecified atom stereocenters. The summed E-state index contributed by atoms with van der Waals surface area (Å²) in [5.41, 5.74) is 1.78. The van der Waals surface area contributed by atoms with E-state index < -0.39 is 10.8 Å². The molecule has 0 saturated carbocycles. The Morgan fingerprint density at radius 1 is 0.941 bits per heavy atom. The van der Waals surface area contributed by atoms with Crippen molar-refractivity contribution in [2.24, 2.45) is 0 Å². The minimum Gasteiger partial charge on any atom is -0.392 e. The summed E-state index contributed by atoms with van der Waals surface area (Å²) in [5.74, 6) is 0.484. The third kappa shape index (κ3) is 3.02. The molecule has 0 amide bonds. The average Bonchev–Trinajstić information content (AvgIpc) is 2.40. The summed E-state index contributed by atoms with van der Waals surface area (Å²) in [5, 5.41) is 9.20. The largest absolute Gasteiger partial charge is 0.392 e. The van der Waals surface area contributed by atoms with E-state index in [4.69, 9.17) is 0 Å². The smallest absolute Gasteiger partial charge is 0.0693 e. The van der Waals surface area contributed by atoms with Gasteiger partial charge in [0.1, 0.15) is 0 Å². The molecule has 2 aromatic rings. The Hall–Kier alpha value is -1.45. The SMILES string of the molecule is O=S(Cc1ccccc1)c1ccccc1CO. The van der Waals surface area contributed by atoms with Gasteiger partial charge >= 0.3 is 0 Å². The number of aliphatic hydroxyl groups excluding tert-OH is 1. The van der Waals surface area contributed by atoms with Gasteiger partial charge in [-0.05, 0) is 17.2 Å². The van der Waals surface area contributed by atoms with Crippen molar-refractivity contribution < 1.29 is 9.32 Å². The quantitative estimate of drug-likeness (QED) is 0.900. The van der Waals surface area contributed by atoms with E-state index in [2.05, 4.69) is 0 Å². The zero-order valence-electron chi connectivity index (χ0n) is 9.37. The summed E-state index contributed by atoms with van der Waals surface area (Å²) in [6.45, 7) is -0.0727. The standard InChI is InChI=1S/C14H14O2S/c15-10-13-8-4-5-9-14(13)17(16)11-12-6-2-1-3-7-12/h1-9,15H,10-11H2. The first-order chi connectivity index (χ1) is 8.31. The zero-order chi connectivity index (χ0) is 12.1. The molecule has 0 aliphatic rings. The molecule has 1 atom stereocenters. The van der Waals surface area contributed by atoms with Crippen molar-refractivity contribution >= 4 is 10.8 Å². The molecule has 0 radical (unpaired) electrons. The molecule has 3 heteroatoms. The van der Waals surface area contributed by atoms with Crippen LogP contribution in [0.2, 0.25) is 0 Å². The fourth-order valence-corrected chi connectivity index (χ4v) is 2.97. The van der Waals surface area contributed by atoms with Crippen LogP contribution in [0.1, 0.15) is 11.1 Å². The van der Waals surface area contributed by atoms with Crippen molar-refractivity contribution in [3.05, 3.63) is 65.7 Å². The van der Waals surface area contributed by atoms with Gasteiger partial charge in [-0.3, -0.25) is 4.21 Å². The summed E-state index contributed by atoms with van der Waals surface area (Å²) in [6.07, 6.45) is 0. The van der Waals surface area contributed by atoms with Gasteiger partial charge in [0.2, 0.25) is 0 Å². The molecule has 2 rings (SSSR count). The molecule has 0 aliphatic carbocycles. The summed E-state index contributed by atoms with van der Waals surface area (Å²) < 4.78 is 12.2. The topological polar surface area (TPSA) is 37.3 Å². The maximum absolute atomic E-state index is 12.2. The number of aliphatic hydroxyl groups is 1. The summed E-state index contributed by atoms with van der Waals surface area (Å²) in [7, 11) is -1.11. The Kier molecular flexibility index (Phi) is 4.07. The molecule has 0 saturated heterocycles. The van der Waals surface area contributed by atoms with E-state index in [0.29, 0.717) is 5.75 Å². The highest BCUT2D eigenvalue weighted by Gasteiger charge is 2.09. The lowest BCUT2D eigenvalue weighted by atomic mass is 10.2. The second kappa shape index (κ2) is 5.75. The predicted octanol–water partition coefficient (Wildman–Crippen LogP) is 2.49. The van der Waals surface area contributed by atoms with E-state index >= 15 is 0 Å². The normalized spacial score (nSPS) is 12.3. The Labute approximate surface area is 103 Å². The molecule has 0 aliphatic heterocycles. The first-order valence-corrected chi connectivity index (χ1v) is 6.74. The lowest BCUT2D eigenvalue weighted by Crippen LogP contribution is -2.00. The first-order valence-electron chi connectivity index (χ1n) is 5.42. The highest BCUT2D eigenvalue weighted by atomic mass is 32.2. The summed E-state index contributed by atoms with van der Waals surface area (Å²) >= 11 is 0. The number of hydrogen-bond acceptors (Lipinski definition) is 2. The van der Waals surface area contributed by atoms with Crippen molar-refractivity contribution in [2.75, 3.05) is 0 Å². The predicted molar refractivity (Wildman–Crippen MR) is 68.9 cm³/mol. The maximum Gasteiger partial charge on any atom is 0.0693 e. The number of benzene rings is 2. The van der Waals surface area contributed by atoms with Gasteiger partial charge < -0.3 is 5.11 Å². The Balaban J connectivity index is 2.20. The fraction of sp³-hybridized carbons (Fsp3) is 0.143. The van der Waals surface area contributed by atoms with E-state index in [-0.39, 0.29) is 6.61 Å². The van der Waals surface area contributed by atoms with E-state index in [1.165, 1.54) is 0 Å². The van der Waals surface area contributed by atoms with Crippen LogP contribution < -0.4 is 0 Å². The molecule has 17 heavy (non-hydrogen) atoms. The second-order valence-electron chi connectivity index (χ2n) is 3.74. The summed E-state index contributed by atoms with van der Waals surface area (Å²) in [4.78, 5) is 0.721. The molecule has 0 aromatic heterocycles. The second-order valence-corrected chi connectivity index (χ2v) is 5.16. The molecular formula is C14H14O2S. The van der Waals surface area contributed by atoms with Crippen LogP contribution in [0.15, 0.2) is 59.5 Å². The highest BCUT2D eigenvalue weighted by molar-refractivity contribution is 7.84. The maximum atomic E-state index is 12.2. The van der Waals surface area contributed by atoms with Crippen molar-refractivity contribution in [1.82, 2.24) is 0 Å². The molecule has 2 nitrogen and oxygen atoms in total. The van der Waals surface area contributed by atoms with Crippen LogP contribution >= 0.6 is 0 Å². The molecule has 0 bridgehead atoms. The lowest BCUT2D eigenvalue weighted by molar-refractivity contribution is 0.278. The Bertz CT molecular complexity index is 509. The molecule has 0 spiro atoms. The minimum atomic E-state index is -1.11. The van der Waals surface area contributed by atoms with Gasteiger partial charge in [0.25, 0.3) is 0 Å². The van der Waals surface area contributed by atoms with Gasteiger partial charge in [-0.1, -0.05) is 48.5 Å². The van der Waals surface area contributed by atoms with Gasteiger partial charge in [-0.2, -0.15) is 0 Å². The zero-order valence-corrected chi connectivity index (χ0v) is 10.2. The van der Waals surface area contributed by atoms with Crippen LogP contribution in [0.3, 0.4) is 0 Å².